The number of hydrogen-bond acceptors (Lipinski definition) is 3. The van der Waals surface area contributed by atoms with Gasteiger partial charge in [-0.05, 0) is 19.1 Å². The number of piperazine rings is 1. The number of benzene rings is 1. The van der Waals surface area contributed by atoms with Gasteiger partial charge in [-0.1, -0.05) is 0 Å². The lowest BCUT2D eigenvalue weighted by Gasteiger charge is -2.35. The van der Waals surface area contributed by atoms with Gasteiger partial charge in [-0.3, -0.25) is 14.4 Å². The summed E-state index contributed by atoms with van der Waals surface area (Å²) in [5, 5.41) is 8.84. The third-order valence-electron chi connectivity index (χ3n) is 3.78. The summed E-state index contributed by atoms with van der Waals surface area (Å²) in [6.45, 7) is 1.97. The minimum absolute atomic E-state index is 0.160. The van der Waals surface area contributed by atoms with E-state index in [1.165, 1.54) is 16.7 Å². The average Bonchev–Trinajstić information content (AvgIpc) is 2.53. The average molecular weight is 326 g/mol. The van der Waals surface area contributed by atoms with E-state index in [2.05, 4.69) is 0 Å². The SMILES string of the molecule is CC(C(=O)O)C(=O)N1CCN(C(=O)c2ccc(F)cc2F)CC1. The minimum Gasteiger partial charge on any atom is -0.481 e. The van der Waals surface area contributed by atoms with Crippen molar-refractivity contribution < 1.29 is 28.3 Å². The first-order valence-corrected chi connectivity index (χ1v) is 7.07. The van der Waals surface area contributed by atoms with Gasteiger partial charge in [0.1, 0.15) is 17.6 Å². The highest BCUT2D eigenvalue weighted by atomic mass is 19.1. The van der Waals surface area contributed by atoms with Crippen molar-refractivity contribution in [2.24, 2.45) is 5.92 Å². The van der Waals surface area contributed by atoms with Crippen LogP contribution in [0.3, 0.4) is 0 Å². The van der Waals surface area contributed by atoms with Gasteiger partial charge in [0.25, 0.3) is 5.91 Å². The first-order chi connectivity index (χ1) is 10.8. The van der Waals surface area contributed by atoms with Crippen LogP contribution < -0.4 is 0 Å². The van der Waals surface area contributed by atoms with Crippen molar-refractivity contribution in [1.29, 1.82) is 0 Å². The van der Waals surface area contributed by atoms with E-state index in [0.717, 1.165) is 12.1 Å². The Morgan fingerprint density at radius 1 is 1.09 bits per heavy atom. The van der Waals surface area contributed by atoms with Gasteiger partial charge in [-0.15, -0.1) is 0 Å². The van der Waals surface area contributed by atoms with Crippen molar-refractivity contribution in [2.45, 2.75) is 6.92 Å². The molecule has 1 unspecified atom stereocenters. The maximum Gasteiger partial charge on any atom is 0.315 e. The second-order valence-corrected chi connectivity index (χ2v) is 5.30. The number of halogens is 2. The Balaban J connectivity index is 2.00. The second-order valence-electron chi connectivity index (χ2n) is 5.30. The molecule has 0 spiro atoms. The predicted molar refractivity (Wildman–Crippen MR) is 75.6 cm³/mol. The highest BCUT2D eigenvalue weighted by molar-refractivity contribution is 5.97. The van der Waals surface area contributed by atoms with Crippen LogP contribution in [0.1, 0.15) is 17.3 Å². The Morgan fingerprint density at radius 2 is 1.65 bits per heavy atom. The van der Waals surface area contributed by atoms with Crippen molar-refractivity contribution in [3.05, 3.63) is 35.4 Å². The molecule has 8 heteroatoms. The fraction of sp³-hybridized carbons (Fsp3) is 0.400. The maximum atomic E-state index is 13.6. The molecule has 1 aliphatic heterocycles. The lowest BCUT2D eigenvalue weighted by Crippen LogP contribution is -2.52. The lowest BCUT2D eigenvalue weighted by atomic mass is 10.1. The lowest BCUT2D eigenvalue weighted by molar-refractivity contribution is -0.151. The van der Waals surface area contributed by atoms with Crippen LogP contribution in [0.25, 0.3) is 0 Å². The van der Waals surface area contributed by atoms with E-state index < -0.39 is 35.3 Å². The number of aliphatic carboxylic acids is 1. The zero-order valence-electron chi connectivity index (χ0n) is 12.5. The molecule has 6 nitrogen and oxygen atoms in total. The highest BCUT2D eigenvalue weighted by Crippen LogP contribution is 2.15. The number of rotatable bonds is 3. The van der Waals surface area contributed by atoms with Crippen molar-refractivity contribution in [1.82, 2.24) is 9.80 Å². The molecule has 0 aliphatic carbocycles. The number of carbonyl (C=O) groups excluding carboxylic acids is 2. The third kappa shape index (κ3) is 3.64. The van der Waals surface area contributed by atoms with Crippen LogP contribution in [-0.4, -0.2) is 58.9 Å². The number of hydrogen-bond donors (Lipinski definition) is 1. The number of carboxylic acid groups (broad SMARTS) is 1. The summed E-state index contributed by atoms with van der Waals surface area (Å²) >= 11 is 0. The number of carboxylic acids is 1. The summed E-state index contributed by atoms with van der Waals surface area (Å²) in [5.41, 5.74) is -0.231. The van der Waals surface area contributed by atoms with E-state index in [1.54, 1.807) is 0 Å². The molecule has 1 atom stereocenters. The van der Waals surface area contributed by atoms with Gasteiger partial charge in [0.05, 0.1) is 5.56 Å². The molecule has 1 saturated heterocycles. The molecular formula is C15H16F2N2O4. The van der Waals surface area contributed by atoms with E-state index in [4.69, 9.17) is 5.11 Å². The van der Waals surface area contributed by atoms with Crippen molar-refractivity contribution >= 4 is 17.8 Å². The van der Waals surface area contributed by atoms with Crippen LogP contribution in [0.15, 0.2) is 18.2 Å². The molecule has 1 aliphatic rings. The molecular weight excluding hydrogens is 310 g/mol. The largest absolute Gasteiger partial charge is 0.481 e. The molecule has 1 heterocycles. The molecule has 2 amide bonds. The standard InChI is InChI=1S/C15H16F2N2O4/c1-9(15(22)23)13(20)18-4-6-19(7-5-18)14(21)11-3-2-10(16)8-12(11)17/h2-3,8-9H,4-7H2,1H3,(H,22,23). The third-order valence-corrected chi connectivity index (χ3v) is 3.78. The second kappa shape index (κ2) is 6.72. The zero-order valence-corrected chi connectivity index (χ0v) is 12.5. The number of amides is 2. The molecule has 2 rings (SSSR count). The van der Waals surface area contributed by atoms with Gasteiger partial charge in [-0.2, -0.15) is 0 Å². The molecule has 0 bridgehead atoms. The number of nitrogens with zero attached hydrogens (tertiary/aromatic N) is 2. The van der Waals surface area contributed by atoms with Crippen molar-refractivity contribution in [2.75, 3.05) is 26.2 Å². The van der Waals surface area contributed by atoms with Crippen LogP contribution in [-0.2, 0) is 9.59 Å². The summed E-state index contributed by atoms with van der Waals surface area (Å²) in [6.07, 6.45) is 0. The summed E-state index contributed by atoms with van der Waals surface area (Å²) in [5.74, 6) is -5.16. The van der Waals surface area contributed by atoms with E-state index in [9.17, 15) is 23.2 Å². The smallest absolute Gasteiger partial charge is 0.315 e. The summed E-state index contributed by atoms with van der Waals surface area (Å²) in [4.78, 5) is 37.7. The Labute approximate surface area is 131 Å². The Hall–Kier alpha value is -2.51. The minimum atomic E-state index is -1.21. The zero-order chi connectivity index (χ0) is 17.1. The Kier molecular flexibility index (Phi) is 4.92. The molecule has 23 heavy (non-hydrogen) atoms. The van der Waals surface area contributed by atoms with Crippen LogP contribution in [0.2, 0.25) is 0 Å². The maximum absolute atomic E-state index is 13.6. The van der Waals surface area contributed by atoms with Gasteiger partial charge < -0.3 is 14.9 Å². The van der Waals surface area contributed by atoms with Crippen molar-refractivity contribution in [3.63, 3.8) is 0 Å². The Morgan fingerprint density at radius 3 is 2.17 bits per heavy atom. The molecule has 1 N–H and O–H groups in total. The quantitative estimate of drug-likeness (QED) is 0.840. The van der Waals surface area contributed by atoms with Gasteiger partial charge >= 0.3 is 5.97 Å². The van der Waals surface area contributed by atoms with E-state index >= 15 is 0 Å². The molecule has 124 valence electrons. The molecule has 0 radical (unpaired) electrons. The fourth-order valence-electron chi connectivity index (χ4n) is 2.34. The van der Waals surface area contributed by atoms with Crippen LogP contribution in [0.4, 0.5) is 8.78 Å². The monoisotopic (exact) mass is 326 g/mol. The summed E-state index contributed by atoms with van der Waals surface area (Å²) in [6, 6.07) is 2.73. The van der Waals surface area contributed by atoms with E-state index in [0.29, 0.717) is 6.07 Å². The molecule has 0 saturated carbocycles. The normalized spacial score (nSPS) is 16.1. The first-order valence-electron chi connectivity index (χ1n) is 7.07. The molecule has 1 fully saturated rings. The molecule has 0 aromatic heterocycles. The van der Waals surface area contributed by atoms with E-state index in [1.807, 2.05) is 0 Å². The number of carbonyl (C=O) groups is 3. The molecule has 1 aromatic carbocycles. The first kappa shape index (κ1) is 16.9. The summed E-state index contributed by atoms with van der Waals surface area (Å²) < 4.78 is 26.5. The fourth-order valence-corrected chi connectivity index (χ4v) is 2.34. The van der Waals surface area contributed by atoms with Gasteiger partial charge in [-0.25, -0.2) is 8.78 Å². The molecule has 1 aromatic rings. The van der Waals surface area contributed by atoms with Gasteiger partial charge in [0, 0.05) is 32.2 Å². The van der Waals surface area contributed by atoms with Gasteiger partial charge in [0.2, 0.25) is 5.91 Å². The Bertz CT molecular complexity index is 642. The van der Waals surface area contributed by atoms with Crippen LogP contribution in [0, 0.1) is 17.6 Å². The van der Waals surface area contributed by atoms with Crippen LogP contribution >= 0.6 is 0 Å². The topological polar surface area (TPSA) is 77.9 Å². The highest BCUT2D eigenvalue weighted by Gasteiger charge is 2.30. The van der Waals surface area contributed by atoms with E-state index in [-0.39, 0.29) is 31.7 Å². The van der Waals surface area contributed by atoms with Gasteiger partial charge in [0.15, 0.2) is 0 Å². The van der Waals surface area contributed by atoms with Crippen LogP contribution in [0.5, 0.6) is 0 Å². The predicted octanol–water partition coefficient (Wildman–Crippen LogP) is 0.970. The summed E-state index contributed by atoms with van der Waals surface area (Å²) in [7, 11) is 0. The van der Waals surface area contributed by atoms with Crippen molar-refractivity contribution in [3.8, 4) is 0 Å².